The summed E-state index contributed by atoms with van der Waals surface area (Å²) in [7, 11) is 1.26. The van der Waals surface area contributed by atoms with Crippen molar-refractivity contribution in [2.45, 2.75) is 13.1 Å². The number of halogens is 5. The summed E-state index contributed by atoms with van der Waals surface area (Å²) in [6.07, 6.45) is -3.86. The SMILES string of the molecule is Cc1cc(-c2cc(F)ccc2NC(=O)c2cn(C)nc2C(F)(F)F)ccc1F. The first-order valence-electron chi connectivity index (χ1n) is 8.04. The first-order valence-corrected chi connectivity index (χ1v) is 8.04. The van der Waals surface area contributed by atoms with Crippen LogP contribution in [-0.2, 0) is 13.2 Å². The van der Waals surface area contributed by atoms with Gasteiger partial charge in [-0.1, -0.05) is 6.07 Å². The molecule has 0 atom stereocenters. The Morgan fingerprint density at radius 1 is 1.11 bits per heavy atom. The van der Waals surface area contributed by atoms with Gasteiger partial charge < -0.3 is 5.32 Å². The van der Waals surface area contributed by atoms with Gasteiger partial charge in [-0.15, -0.1) is 0 Å². The fourth-order valence-corrected chi connectivity index (χ4v) is 2.73. The van der Waals surface area contributed by atoms with Gasteiger partial charge >= 0.3 is 6.18 Å². The molecule has 28 heavy (non-hydrogen) atoms. The van der Waals surface area contributed by atoms with E-state index in [-0.39, 0.29) is 11.3 Å². The van der Waals surface area contributed by atoms with Crippen LogP contribution in [-0.4, -0.2) is 15.7 Å². The Labute approximate surface area is 156 Å². The van der Waals surface area contributed by atoms with Gasteiger partial charge in [-0.2, -0.15) is 18.3 Å². The van der Waals surface area contributed by atoms with Crippen LogP contribution in [0.4, 0.5) is 27.6 Å². The molecule has 1 heterocycles. The Morgan fingerprint density at radius 2 is 1.82 bits per heavy atom. The predicted octanol–water partition coefficient (Wildman–Crippen LogP) is 4.94. The van der Waals surface area contributed by atoms with E-state index in [4.69, 9.17) is 0 Å². The fourth-order valence-electron chi connectivity index (χ4n) is 2.73. The molecule has 3 aromatic rings. The third kappa shape index (κ3) is 3.88. The summed E-state index contributed by atoms with van der Waals surface area (Å²) in [5, 5.41) is 5.65. The number of aromatic nitrogens is 2. The van der Waals surface area contributed by atoms with E-state index in [2.05, 4.69) is 10.4 Å². The standard InChI is InChI=1S/C19H14F5N3O/c1-10-7-11(3-5-15(10)21)13-8-12(20)4-6-16(13)25-18(28)14-9-27(2)26-17(14)19(22,23)24/h3-9H,1-2H3,(H,25,28). The molecule has 0 aliphatic heterocycles. The Morgan fingerprint density at radius 3 is 2.46 bits per heavy atom. The van der Waals surface area contributed by atoms with E-state index < -0.39 is 35.0 Å². The second-order valence-corrected chi connectivity index (χ2v) is 6.17. The van der Waals surface area contributed by atoms with E-state index in [9.17, 15) is 26.7 Å². The minimum Gasteiger partial charge on any atom is -0.321 e. The molecule has 146 valence electrons. The quantitative estimate of drug-likeness (QED) is 0.639. The van der Waals surface area contributed by atoms with Gasteiger partial charge in [0.2, 0.25) is 0 Å². The van der Waals surface area contributed by atoms with Gasteiger partial charge in [0, 0.05) is 24.5 Å². The summed E-state index contributed by atoms with van der Waals surface area (Å²) >= 11 is 0. The van der Waals surface area contributed by atoms with Gasteiger partial charge in [-0.05, 0) is 48.4 Å². The lowest BCUT2D eigenvalue weighted by molar-refractivity contribution is -0.141. The summed E-state index contributed by atoms with van der Waals surface area (Å²) in [4.78, 5) is 12.5. The lowest BCUT2D eigenvalue weighted by atomic mass is 10.0. The van der Waals surface area contributed by atoms with Crippen LogP contribution in [0.2, 0.25) is 0 Å². The van der Waals surface area contributed by atoms with Crippen LogP contribution in [0.15, 0.2) is 42.6 Å². The third-order valence-corrected chi connectivity index (χ3v) is 4.04. The van der Waals surface area contributed by atoms with E-state index >= 15 is 0 Å². The number of hydrogen-bond donors (Lipinski definition) is 1. The zero-order valence-electron chi connectivity index (χ0n) is 14.7. The van der Waals surface area contributed by atoms with Crippen molar-refractivity contribution in [1.29, 1.82) is 0 Å². The summed E-state index contributed by atoms with van der Waals surface area (Å²) in [6, 6.07) is 7.41. The molecular weight excluding hydrogens is 381 g/mol. The minimum atomic E-state index is -4.81. The van der Waals surface area contributed by atoms with Crippen molar-refractivity contribution in [3.05, 3.63) is 71.1 Å². The normalized spacial score (nSPS) is 11.5. The predicted molar refractivity (Wildman–Crippen MR) is 92.7 cm³/mol. The molecule has 0 saturated carbocycles. The first kappa shape index (κ1) is 19.5. The highest BCUT2D eigenvalue weighted by Gasteiger charge is 2.39. The van der Waals surface area contributed by atoms with Gasteiger partial charge in [-0.25, -0.2) is 8.78 Å². The van der Waals surface area contributed by atoms with E-state index in [1.807, 2.05) is 0 Å². The van der Waals surface area contributed by atoms with Crippen LogP contribution in [0.1, 0.15) is 21.6 Å². The molecule has 0 radical (unpaired) electrons. The largest absolute Gasteiger partial charge is 0.435 e. The van der Waals surface area contributed by atoms with Crippen LogP contribution in [0, 0.1) is 18.6 Å². The molecule has 9 heteroatoms. The number of carbonyl (C=O) groups is 1. The van der Waals surface area contributed by atoms with E-state index in [1.165, 1.54) is 38.2 Å². The number of carbonyl (C=O) groups excluding carboxylic acids is 1. The Kier molecular flexibility index (Phi) is 4.93. The fraction of sp³-hybridized carbons (Fsp3) is 0.158. The Bertz CT molecular complexity index is 1060. The maximum Gasteiger partial charge on any atom is 0.435 e. The molecule has 1 aromatic heterocycles. The summed E-state index contributed by atoms with van der Waals surface area (Å²) in [5.41, 5.74) is -1.01. The number of amides is 1. The van der Waals surface area contributed by atoms with E-state index in [0.717, 1.165) is 23.0 Å². The minimum absolute atomic E-state index is 0.0781. The molecule has 0 aliphatic rings. The van der Waals surface area contributed by atoms with Crippen LogP contribution < -0.4 is 5.32 Å². The maximum atomic E-state index is 13.7. The van der Waals surface area contributed by atoms with Gasteiger partial charge in [-0.3, -0.25) is 9.48 Å². The molecule has 4 nitrogen and oxygen atoms in total. The molecule has 1 amide bonds. The number of nitrogens with zero attached hydrogens (tertiary/aromatic N) is 2. The smallest absolute Gasteiger partial charge is 0.321 e. The van der Waals surface area contributed by atoms with Gasteiger partial charge in [0.05, 0.1) is 5.56 Å². The lowest BCUT2D eigenvalue weighted by Gasteiger charge is -2.13. The van der Waals surface area contributed by atoms with Crippen LogP contribution in [0.5, 0.6) is 0 Å². The molecule has 0 fully saturated rings. The van der Waals surface area contributed by atoms with Crippen molar-refractivity contribution in [2.75, 3.05) is 5.32 Å². The topological polar surface area (TPSA) is 46.9 Å². The number of benzene rings is 2. The van der Waals surface area contributed by atoms with E-state index in [1.54, 1.807) is 0 Å². The number of alkyl halides is 3. The average Bonchev–Trinajstić information content (AvgIpc) is 3.01. The van der Waals surface area contributed by atoms with Crippen molar-refractivity contribution in [3.63, 3.8) is 0 Å². The molecule has 0 saturated heterocycles. The molecule has 3 rings (SSSR count). The van der Waals surface area contributed by atoms with Gasteiger partial charge in [0.25, 0.3) is 5.91 Å². The zero-order chi connectivity index (χ0) is 20.6. The number of hydrogen-bond acceptors (Lipinski definition) is 2. The number of nitrogens with one attached hydrogen (secondary N) is 1. The summed E-state index contributed by atoms with van der Waals surface area (Å²) < 4.78 is 67.5. The number of rotatable bonds is 3. The van der Waals surface area contributed by atoms with Gasteiger partial charge in [0.15, 0.2) is 5.69 Å². The maximum absolute atomic E-state index is 13.7. The third-order valence-electron chi connectivity index (χ3n) is 4.04. The molecule has 0 spiro atoms. The molecule has 1 N–H and O–H groups in total. The van der Waals surface area contributed by atoms with Crippen molar-refractivity contribution < 1.29 is 26.7 Å². The van der Waals surface area contributed by atoms with Crippen molar-refractivity contribution in [2.24, 2.45) is 7.05 Å². The summed E-state index contributed by atoms with van der Waals surface area (Å²) in [6.45, 7) is 1.52. The zero-order valence-corrected chi connectivity index (χ0v) is 14.7. The number of aryl methyl sites for hydroxylation is 2. The van der Waals surface area contributed by atoms with Crippen LogP contribution in [0.3, 0.4) is 0 Å². The average molecular weight is 395 g/mol. The number of anilines is 1. The molecule has 0 aliphatic carbocycles. The van der Waals surface area contributed by atoms with Crippen molar-refractivity contribution in [1.82, 2.24) is 9.78 Å². The first-order chi connectivity index (χ1) is 13.1. The van der Waals surface area contributed by atoms with Crippen LogP contribution >= 0.6 is 0 Å². The van der Waals surface area contributed by atoms with Crippen molar-refractivity contribution >= 4 is 11.6 Å². The molecular formula is C19H14F5N3O. The summed E-state index contributed by atoms with van der Waals surface area (Å²) in [5.74, 6) is -2.13. The second-order valence-electron chi connectivity index (χ2n) is 6.17. The second kappa shape index (κ2) is 7.06. The Hall–Kier alpha value is -3.23. The highest BCUT2D eigenvalue weighted by atomic mass is 19.4. The van der Waals surface area contributed by atoms with Crippen molar-refractivity contribution in [3.8, 4) is 11.1 Å². The molecule has 0 bridgehead atoms. The lowest BCUT2D eigenvalue weighted by Crippen LogP contribution is -2.18. The van der Waals surface area contributed by atoms with E-state index in [0.29, 0.717) is 11.1 Å². The van der Waals surface area contributed by atoms with Gasteiger partial charge in [0.1, 0.15) is 11.6 Å². The molecule has 2 aromatic carbocycles. The molecule has 0 unspecified atom stereocenters. The Balaban J connectivity index is 2.02. The monoisotopic (exact) mass is 395 g/mol. The highest BCUT2D eigenvalue weighted by Crippen LogP contribution is 2.33. The highest BCUT2D eigenvalue weighted by molar-refractivity contribution is 6.07. The van der Waals surface area contributed by atoms with Crippen LogP contribution in [0.25, 0.3) is 11.1 Å².